The first-order valence-corrected chi connectivity index (χ1v) is 7.55. The molecule has 1 fully saturated rings. The molecule has 2 bridgehead atoms. The summed E-state index contributed by atoms with van der Waals surface area (Å²) in [6.45, 7) is 7.80. The molecule has 0 aromatic carbocycles. The average molecular weight is 266 g/mol. The van der Waals surface area contributed by atoms with Gasteiger partial charge in [0.1, 0.15) is 5.76 Å². The molecule has 3 rings (SSSR count). The van der Waals surface area contributed by atoms with Gasteiger partial charge in [-0.25, -0.2) is 0 Å². The van der Waals surface area contributed by atoms with Gasteiger partial charge in [0.15, 0.2) is 5.78 Å². The number of fused-ring (bicyclic) bond motifs is 1. The number of allylic oxidation sites excluding steroid dienone is 3. The van der Waals surface area contributed by atoms with E-state index in [9.17, 15) is 9.90 Å². The Morgan fingerprint density at radius 1 is 1.50 bits per heavy atom. The van der Waals surface area contributed by atoms with E-state index >= 15 is 0 Å². The van der Waals surface area contributed by atoms with Gasteiger partial charge in [0.05, 0.1) is 4.91 Å². The molecule has 0 amide bonds. The molecular formula is C15H22O2S. The quantitative estimate of drug-likeness (QED) is 0.473. The lowest BCUT2D eigenvalue weighted by atomic mass is 9.49. The fourth-order valence-corrected chi connectivity index (χ4v) is 4.30. The van der Waals surface area contributed by atoms with Crippen molar-refractivity contribution in [2.24, 2.45) is 17.3 Å². The number of aliphatic hydroxyl groups excluding tert-OH is 1. The van der Waals surface area contributed by atoms with Crippen molar-refractivity contribution in [2.75, 3.05) is 5.75 Å². The standard InChI is InChI=1S/C15H22O2S/c1-9(16)14(10(2)17)18-8-11-5-6-12-7-13(11)15(12,3)4/h5,12-13,16H,6-8H2,1-4H3/b14-9+/t12-,13-/m0/s1. The van der Waals surface area contributed by atoms with Crippen LogP contribution in [-0.4, -0.2) is 16.6 Å². The average Bonchev–Trinajstić information content (AvgIpc) is 2.28. The monoisotopic (exact) mass is 266 g/mol. The number of hydrogen-bond donors (Lipinski definition) is 1. The van der Waals surface area contributed by atoms with Gasteiger partial charge in [0, 0.05) is 5.75 Å². The summed E-state index contributed by atoms with van der Waals surface area (Å²) < 4.78 is 0. The highest BCUT2D eigenvalue weighted by Gasteiger charge is 2.50. The molecule has 100 valence electrons. The summed E-state index contributed by atoms with van der Waals surface area (Å²) in [4.78, 5) is 11.9. The molecule has 0 aliphatic heterocycles. The molecule has 18 heavy (non-hydrogen) atoms. The lowest BCUT2D eigenvalue weighted by Gasteiger charge is -2.56. The van der Waals surface area contributed by atoms with Crippen molar-refractivity contribution in [2.45, 2.75) is 40.5 Å². The molecule has 3 aliphatic carbocycles. The van der Waals surface area contributed by atoms with Crippen molar-refractivity contribution in [1.29, 1.82) is 0 Å². The maximum Gasteiger partial charge on any atom is 0.169 e. The topological polar surface area (TPSA) is 37.3 Å². The maximum absolute atomic E-state index is 11.4. The number of aliphatic hydroxyl groups is 1. The third-order valence-corrected chi connectivity index (χ3v) is 5.96. The molecule has 0 spiro atoms. The Hall–Kier alpha value is -0.700. The van der Waals surface area contributed by atoms with Crippen LogP contribution in [-0.2, 0) is 4.79 Å². The van der Waals surface area contributed by atoms with Gasteiger partial charge in [-0.1, -0.05) is 25.5 Å². The number of thioether (sulfide) groups is 1. The van der Waals surface area contributed by atoms with E-state index in [1.54, 1.807) is 6.92 Å². The first kappa shape index (κ1) is 13.7. The zero-order valence-electron chi connectivity index (χ0n) is 11.6. The maximum atomic E-state index is 11.4. The molecule has 1 saturated carbocycles. The van der Waals surface area contributed by atoms with Crippen LogP contribution in [0.2, 0.25) is 0 Å². The Morgan fingerprint density at radius 3 is 2.61 bits per heavy atom. The second-order valence-electron chi connectivity index (χ2n) is 6.08. The van der Waals surface area contributed by atoms with Crippen LogP contribution in [0.4, 0.5) is 0 Å². The van der Waals surface area contributed by atoms with Crippen molar-refractivity contribution in [3.05, 3.63) is 22.3 Å². The normalized spacial score (nSPS) is 30.1. The summed E-state index contributed by atoms with van der Waals surface area (Å²) in [5.41, 5.74) is 1.89. The number of carbonyl (C=O) groups is 1. The fourth-order valence-electron chi connectivity index (χ4n) is 3.26. The highest BCUT2D eigenvalue weighted by Crippen LogP contribution is 2.59. The van der Waals surface area contributed by atoms with Gasteiger partial charge in [-0.3, -0.25) is 4.79 Å². The molecule has 0 aromatic rings. The van der Waals surface area contributed by atoms with Crippen LogP contribution in [0.15, 0.2) is 22.3 Å². The van der Waals surface area contributed by atoms with Gasteiger partial charge < -0.3 is 5.11 Å². The largest absolute Gasteiger partial charge is 0.511 e. The summed E-state index contributed by atoms with van der Waals surface area (Å²) in [6.07, 6.45) is 4.83. The van der Waals surface area contributed by atoms with Gasteiger partial charge in [-0.2, -0.15) is 0 Å². The Bertz CT molecular complexity index is 428. The van der Waals surface area contributed by atoms with Gasteiger partial charge in [-0.15, -0.1) is 11.8 Å². The third kappa shape index (κ3) is 2.25. The van der Waals surface area contributed by atoms with Crippen molar-refractivity contribution in [3.8, 4) is 0 Å². The fraction of sp³-hybridized carbons (Fsp3) is 0.667. The Kier molecular flexibility index (Phi) is 3.63. The zero-order chi connectivity index (χ0) is 13.5. The van der Waals surface area contributed by atoms with Crippen LogP contribution in [0.25, 0.3) is 0 Å². The molecule has 0 aromatic heterocycles. The molecule has 2 nitrogen and oxygen atoms in total. The molecule has 0 heterocycles. The van der Waals surface area contributed by atoms with E-state index < -0.39 is 0 Å². The van der Waals surface area contributed by atoms with Crippen molar-refractivity contribution >= 4 is 17.5 Å². The smallest absolute Gasteiger partial charge is 0.169 e. The highest BCUT2D eigenvalue weighted by molar-refractivity contribution is 8.04. The molecule has 0 saturated heterocycles. The van der Waals surface area contributed by atoms with Crippen LogP contribution in [0, 0.1) is 17.3 Å². The number of Topliss-reactive ketones (excluding diaryl/α,β-unsaturated/α-hetero) is 1. The predicted octanol–water partition coefficient (Wildman–Crippen LogP) is 4.09. The number of ketones is 1. The summed E-state index contributed by atoms with van der Waals surface area (Å²) in [5.74, 6) is 2.47. The summed E-state index contributed by atoms with van der Waals surface area (Å²) >= 11 is 1.49. The minimum atomic E-state index is -0.0397. The third-order valence-electron chi connectivity index (χ3n) is 4.61. The summed E-state index contributed by atoms with van der Waals surface area (Å²) in [7, 11) is 0. The van der Waals surface area contributed by atoms with Gasteiger partial charge in [-0.05, 0) is 43.9 Å². The molecule has 0 unspecified atom stereocenters. The molecule has 3 heteroatoms. The van der Waals surface area contributed by atoms with Crippen molar-refractivity contribution < 1.29 is 9.90 Å². The van der Waals surface area contributed by atoms with E-state index in [1.165, 1.54) is 37.1 Å². The van der Waals surface area contributed by atoms with Gasteiger partial charge in [0.25, 0.3) is 0 Å². The number of carbonyl (C=O) groups excluding carboxylic acids is 1. The molecule has 0 radical (unpaired) electrons. The second-order valence-corrected chi connectivity index (χ2v) is 7.07. The highest BCUT2D eigenvalue weighted by atomic mass is 32.2. The van der Waals surface area contributed by atoms with E-state index in [-0.39, 0.29) is 11.5 Å². The van der Waals surface area contributed by atoms with E-state index in [4.69, 9.17) is 0 Å². The molecule has 1 N–H and O–H groups in total. The van der Waals surface area contributed by atoms with E-state index in [0.29, 0.717) is 16.2 Å². The lowest BCUT2D eigenvalue weighted by molar-refractivity contribution is -0.113. The lowest BCUT2D eigenvalue weighted by Crippen LogP contribution is -2.48. The van der Waals surface area contributed by atoms with E-state index in [2.05, 4.69) is 19.9 Å². The molecule has 2 atom stereocenters. The summed E-state index contributed by atoms with van der Waals surface area (Å²) in [6, 6.07) is 0. The number of rotatable bonds is 4. The minimum Gasteiger partial charge on any atom is -0.511 e. The van der Waals surface area contributed by atoms with E-state index in [1.807, 2.05) is 0 Å². The van der Waals surface area contributed by atoms with Crippen molar-refractivity contribution in [3.63, 3.8) is 0 Å². The van der Waals surface area contributed by atoms with Crippen LogP contribution in [0.5, 0.6) is 0 Å². The molecule has 3 aliphatic rings. The second kappa shape index (κ2) is 4.76. The first-order valence-electron chi connectivity index (χ1n) is 6.56. The van der Waals surface area contributed by atoms with Gasteiger partial charge in [0.2, 0.25) is 0 Å². The van der Waals surface area contributed by atoms with Crippen LogP contribution < -0.4 is 0 Å². The Labute approximate surface area is 114 Å². The minimum absolute atomic E-state index is 0.0397. The predicted molar refractivity (Wildman–Crippen MR) is 76.5 cm³/mol. The SMILES string of the molecule is CC(=O)/C(SCC1=CC[C@H]2C[C@@H]1C2(C)C)=C(/C)O. The van der Waals surface area contributed by atoms with E-state index in [0.717, 1.165) is 11.7 Å². The summed E-state index contributed by atoms with van der Waals surface area (Å²) in [5, 5.41) is 9.51. The Morgan fingerprint density at radius 2 is 2.17 bits per heavy atom. The Balaban J connectivity index is 2.02. The van der Waals surface area contributed by atoms with Crippen LogP contribution in [0.1, 0.15) is 40.5 Å². The van der Waals surface area contributed by atoms with Crippen molar-refractivity contribution in [1.82, 2.24) is 0 Å². The zero-order valence-corrected chi connectivity index (χ0v) is 12.4. The number of hydrogen-bond acceptors (Lipinski definition) is 3. The first-order chi connectivity index (χ1) is 8.34. The van der Waals surface area contributed by atoms with Crippen LogP contribution >= 0.6 is 11.8 Å². The molecular weight excluding hydrogens is 244 g/mol. The van der Waals surface area contributed by atoms with Gasteiger partial charge >= 0.3 is 0 Å². The van der Waals surface area contributed by atoms with Crippen LogP contribution in [0.3, 0.4) is 0 Å².